The van der Waals surface area contributed by atoms with Gasteiger partial charge in [0.05, 0.1) is 11.3 Å². The van der Waals surface area contributed by atoms with Crippen molar-refractivity contribution in [1.82, 2.24) is 0 Å². The summed E-state index contributed by atoms with van der Waals surface area (Å²) in [6, 6.07) is 3.87. The number of rotatable bonds is 3. The summed E-state index contributed by atoms with van der Waals surface area (Å²) in [7, 11) is 0. The van der Waals surface area contributed by atoms with Gasteiger partial charge in [0.15, 0.2) is 0 Å². The van der Waals surface area contributed by atoms with Gasteiger partial charge in [-0.05, 0) is 26.0 Å². The second-order valence-corrected chi connectivity index (χ2v) is 5.90. The van der Waals surface area contributed by atoms with Crippen LogP contribution in [0.15, 0.2) is 47.2 Å². The molecule has 2 unspecified atom stereocenters. The highest BCUT2D eigenvalue weighted by Crippen LogP contribution is 2.47. The summed E-state index contributed by atoms with van der Waals surface area (Å²) in [6.45, 7) is 4.88. The van der Waals surface area contributed by atoms with Gasteiger partial charge < -0.3 is 25.6 Å². The molecule has 0 spiro atoms. The van der Waals surface area contributed by atoms with Crippen molar-refractivity contribution >= 4 is 17.7 Å². The highest BCUT2D eigenvalue weighted by Gasteiger charge is 2.50. The lowest BCUT2D eigenvalue weighted by Crippen LogP contribution is -2.43. The largest absolute Gasteiger partial charge is 0.507 e. The molecule has 26 heavy (non-hydrogen) atoms. The number of phenols is 2. The number of benzene rings is 1. The lowest BCUT2D eigenvalue weighted by molar-refractivity contribution is -0.143. The molecule has 2 rings (SSSR count). The first-order valence-electron chi connectivity index (χ1n) is 7.62. The maximum Gasteiger partial charge on any atom is 0.331 e. The minimum Gasteiger partial charge on any atom is -0.507 e. The van der Waals surface area contributed by atoms with Crippen molar-refractivity contribution in [2.24, 2.45) is 11.1 Å². The maximum absolute atomic E-state index is 11.9. The molecule has 0 saturated heterocycles. The molecular weight excluding hydrogens is 342 g/mol. The monoisotopic (exact) mass is 363 g/mol. The Bertz CT molecular complexity index is 770. The first-order valence-corrected chi connectivity index (χ1v) is 7.62. The van der Waals surface area contributed by atoms with E-state index < -0.39 is 34.8 Å². The molecule has 0 fully saturated rings. The molecule has 8 heteroatoms. The fourth-order valence-corrected chi connectivity index (χ4v) is 2.71. The molecule has 0 heterocycles. The number of carboxylic acid groups (broad SMARTS) is 2. The smallest absolute Gasteiger partial charge is 0.331 e. The molecule has 1 aromatic rings. The summed E-state index contributed by atoms with van der Waals surface area (Å²) in [4.78, 5) is 23.1. The van der Waals surface area contributed by atoms with Crippen LogP contribution < -0.4 is 0 Å². The number of phenolic OH excluding ortho intramolecular Hbond substituents is 2. The van der Waals surface area contributed by atoms with Gasteiger partial charge in [-0.15, -0.1) is 0 Å². The van der Waals surface area contributed by atoms with E-state index in [9.17, 15) is 30.0 Å². The lowest BCUT2D eigenvalue weighted by Gasteiger charge is -2.35. The Balaban J connectivity index is 0.000000597. The van der Waals surface area contributed by atoms with Crippen LogP contribution in [0.2, 0.25) is 0 Å². The van der Waals surface area contributed by atoms with E-state index in [0.717, 1.165) is 0 Å². The Kier molecular flexibility index (Phi) is 6.54. The molecule has 5 N–H and O–H groups in total. The van der Waals surface area contributed by atoms with E-state index >= 15 is 0 Å². The summed E-state index contributed by atoms with van der Waals surface area (Å²) < 4.78 is 0. The zero-order valence-electron chi connectivity index (χ0n) is 14.5. The standard InChI is InChI=1S/C15H14O6.C3H7NO/c1-8-9(13(18)19)4-3-7-15(8,14(20)21)12-10(16)5-2-6-11(12)17;1-3(2)4-5/h2-8,16-17H,1H3,(H,18,19)(H,20,21);5H,1-2H3. The van der Waals surface area contributed by atoms with Crippen LogP contribution in [0.3, 0.4) is 0 Å². The van der Waals surface area contributed by atoms with Crippen LogP contribution in [0.4, 0.5) is 0 Å². The molecule has 0 amide bonds. The van der Waals surface area contributed by atoms with Gasteiger partial charge in [-0.2, -0.15) is 0 Å². The number of hydrogen-bond donors (Lipinski definition) is 5. The van der Waals surface area contributed by atoms with Crippen molar-refractivity contribution in [1.29, 1.82) is 0 Å². The molecule has 1 aliphatic rings. The van der Waals surface area contributed by atoms with Crippen molar-refractivity contribution in [3.05, 3.63) is 47.6 Å². The van der Waals surface area contributed by atoms with E-state index in [1.165, 1.54) is 43.4 Å². The lowest BCUT2D eigenvalue weighted by atomic mass is 9.65. The molecule has 0 aliphatic heterocycles. The SMILES string of the molecule is CC(C)=NO.CC1C(C(=O)O)=CC=CC1(C(=O)O)c1c(O)cccc1O. The quantitative estimate of drug-likeness (QED) is 0.315. The number of aromatic hydroxyl groups is 2. The van der Waals surface area contributed by atoms with Crippen LogP contribution in [0.25, 0.3) is 0 Å². The second-order valence-electron chi connectivity index (χ2n) is 5.90. The average Bonchev–Trinajstić information content (AvgIpc) is 2.56. The zero-order valence-corrected chi connectivity index (χ0v) is 14.5. The summed E-state index contributed by atoms with van der Waals surface area (Å²) in [5, 5.41) is 49.3. The fourth-order valence-electron chi connectivity index (χ4n) is 2.71. The molecular formula is C18H21NO7. The molecule has 140 valence electrons. The van der Waals surface area contributed by atoms with E-state index in [2.05, 4.69) is 5.16 Å². The Labute approximate surface area is 150 Å². The third-order valence-electron chi connectivity index (χ3n) is 4.02. The first-order chi connectivity index (χ1) is 12.1. The van der Waals surface area contributed by atoms with Crippen LogP contribution in [-0.2, 0) is 15.0 Å². The molecule has 0 saturated carbocycles. The minimum atomic E-state index is -1.85. The number of nitrogens with zero attached hydrogens (tertiary/aromatic N) is 1. The summed E-state index contributed by atoms with van der Waals surface area (Å²) in [5.41, 5.74) is -1.49. The van der Waals surface area contributed by atoms with E-state index in [1.807, 2.05) is 0 Å². The van der Waals surface area contributed by atoms with E-state index in [1.54, 1.807) is 13.8 Å². The number of allylic oxidation sites excluding steroid dienone is 2. The van der Waals surface area contributed by atoms with Gasteiger partial charge in [0.25, 0.3) is 0 Å². The Morgan fingerprint density at radius 3 is 2.00 bits per heavy atom. The predicted octanol–water partition coefficient (Wildman–Crippen LogP) is 2.49. The number of carbonyl (C=O) groups is 2. The van der Waals surface area contributed by atoms with Crippen molar-refractivity contribution in [3.8, 4) is 11.5 Å². The van der Waals surface area contributed by atoms with Crippen LogP contribution in [0.1, 0.15) is 26.3 Å². The summed E-state index contributed by atoms with van der Waals surface area (Å²) in [6.07, 6.45) is 3.90. The Morgan fingerprint density at radius 1 is 1.12 bits per heavy atom. The average molecular weight is 363 g/mol. The van der Waals surface area contributed by atoms with Gasteiger partial charge in [-0.25, -0.2) is 4.79 Å². The van der Waals surface area contributed by atoms with Crippen LogP contribution in [-0.4, -0.2) is 43.3 Å². The van der Waals surface area contributed by atoms with Crippen molar-refractivity contribution in [2.75, 3.05) is 0 Å². The second kappa shape index (κ2) is 8.19. The summed E-state index contributed by atoms with van der Waals surface area (Å²) in [5.74, 6) is -4.37. The van der Waals surface area contributed by atoms with Gasteiger partial charge in [0.2, 0.25) is 0 Å². The number of aliphatic carboxylic acids is 2. The minimum absolute atomic E-state index is 0.109. The molecule has 0 bridgehead atoms. The van der Waals surface area contributed by atoms with Crippen LogP contribution in [0, 0.1) is 5.92 Å². The number of oxime groups is 1. The Hall–Kier alpha value is -3.29. The Morgan fingerprint density at radius 2 is 1.62 bits per heavy atom. The highest BCUT2D eigenvalue weighted by molar-refractivity contribution is 5.94. The number of carboxylic acids is 2. The third kappa shape index (κ3) is 3.85. The van der Waals surface area contributed by atoms with Crippen molar-refractivity contribution in [3.63, 3.8) is 0 Å². The van der Waals surface area contributed by atoms with E-state index in [4.69, 9.17) is 5.21 Å². The van der Waals surface area contributed by atoms with Crippen LogP contribution in [0.5, 0.6) is 11.5 Å². The van der Waals surface area contributed by atoms with Crippen molar-refractivity contribution < 1.29 is 35.2 Å². The predicted molar refractivity (Wildman–Crippen MR) is 93.7 cm³/mol. The third-order valence-corrected chi connectivity index (χ3v) is 4.02. The van der Waals surface area contributed by atoms with Crippen LogP contribution >= 0.6 is 0 Å². The van der Waals surface area contributed by atoms with Gasteiger partial charge in [0.1, 0.15) is 16.9 Å². The van der Waals surface area contributed by atoms with Gasteiger partial charge in [-0.1, -0.05) is 36.4 Å². The highest BCUT2D eigenvalue weighted by atomic mass is 16.4. The summed E-state index contributed by atoms with van der Waals surface area (Å²) >= 11 is 0. The topological polar surface area (TPSA) is 148 Å². The van der Waals surface area contributed by atoms with Gasteiger partial charge >= 0.3 is 11.9 Å². The van der Waals surface area contributed by atoms with Gasteiger partial charge in [0, 0.05) is 11.5 Å². The van der Waals surface area contributed by atoms with E-state index in [0.29, 0.717) is 5.71 Å². The molecule has 0 aromatic heterocycles. The first kappa shape index (κ1) is 20.8. The zero-order chi connectivity index (χ0) is 20.1. The molecule has 1 aliphatic carbocycles. The fraction of sp³-hybridized carbons (Fsp3) is 0.278. The van der Waals surface area contributed by atoms with Gasteiger partial charge in [-0.3, -0.25) is 4.79 Å². The molecule has 1 aromatic carbocycles. The molecule has 8 nitrogen and oxygen atoms in total. The normalized spacial score (nSPS) is 21.0. The van der Waals surface area contributed by atoms with E-state index in [-0.39, 0.29) is 11.1 Å². The van der Waals surface area contributed by atoms with Crippen molar-refractivity contribution in [2.45, 2.75) is 26.2 Å². The molecule has 0 radical (unpaired) electrons. The maximum atomic E-state index is 11.9. The number of hydrogen-bond acceptors (Lipinski definition) is 6. The molecule has 2 atom stereocenters.